The van der Waals surface area contributed by atoms with E-state index in [1.54, 1.807) is 0 Å². The predicted octanol–water partition coefficient (Wildman–Crippen LogP) is 0.424. The Balaban J connectivity index is 2.45. The van der Waals surface area contributed by atoms with E-state index in [9.17, 15) is 4.79 Å². The molecule has 0 aliphatic rings. The van der Waals surface area contributed by atoms with Crippen molar-refractivity contribution in [3.05, 3.63) is 5.82 Å². The van der Waals surface area contributed by atoms with E-state index in [1.165, 1.54) is 23.3 Å². The van der Waals surface area contributed by atoms with Crippen molar-refractivity contribution in [2.45, 2.75) is 11.3 Å². The molecule has 2 N–H and O–H groups in total. The van der Waals surface area contributed by atoms with Gasteiger partial charge in [-0.2, -0.15) is 4.37 Å². The third-order valence-corrected chi connectivity index (χ3v) is 2.79. The maximum Gasteiger partial charge on any atom is 0.227 e. The number of nitrogens with zero attached hydrogens (tertiary/aromatic N) is 2. The lowest BCUT2D eigenvalue weighted by atomic mass is 10.8. The molecule has 1 amide bonds. The number of aromatic nitrogens is 2. The summed E-state index contributed by atoms with van der Waals surface area (Å²) >= 11 is 2.61. The van der Waals surface area contributed by atoms with Crippen molar-refractivity contribution in [3.63, 3.8) is 0 Å². The van der Waals surface area contributed by atoms with Crippen LogP contribution in [0, 0.1) is 6.92 Å². The van der Waals surface area contributed by atoms with E-state index >= 15 is 0 Å². The van der Waals surface area contributed by atoms with Crippen LogP contribution in [0.5, 0.6) is 0 Å². The molecule has 0 bridgehead atoms. The van der Waals surface area contributed by atoms with Gasteiger partial charge in [-0.3, -0.25) is 4.79 Å². The Morgan fingerprint density at radius 3 is 3.00 bits per heavy atom. The quantitative estimate of drug-likeness (QED) is 0.700. The van der Waals surface area contributed by atoms with Crippen molar-refractivity contribution in [2.24, 2.45) is 5.73 Å². The summed E-state index contributed by atoms with van der Waals surface area (Å²) in [7, 11) is 0. The molecule has 0 aliphatic carbocycles. The molecule has 6 heteroatoms. The first-order chi connectivity index (χ1) is 5.18. The van der Waals surface area contributed by atoms with Gasteiger partial charge in [-0.1, -0.05) is 11.8 Å². The summed E-state index contributed by atoms with van der Waals surface area (Å²) in [5.74, 6) is 0.680. The molecule has 0 spiro atoms. The molecule has 60 valence electrons. The van der Waals surface area contributed by atoms with Crippen LogP contribution in [0.1, 0.15) is 5.82 Å². The van der Waals surface area contributed by atoms with Crippen LogP contribution in [0.15, 0.2) is 4.34 Å². The van der Waals surface area contributed by atoms with Crippen LogP contribution in [-0.4, -0.2) is 21.0 Å². The van der Waals surface area contributed by atoms with E-state index in [0.29, 0.717) is 0 Å². The number of primary amides is 1. The third-order valence-electron chi connectivity index (χ3n) is 0.847. The minimum atomic E-state index is -0.331. The Morgan fingerprint density at radius 1 is 1.82 bits per heavy atom. The molecule has 0 fully saturated rings. The highest BCUT2D eigenvalue weighted by Crippen LogP contribution is 2.18. The van der Waals surface area contributed by atoms with Crippen LogP contribution >= 0.6 is 23.3 Å². The molecule has 1 heterocycles. The van der Waals surface area contributed by atoms with E-state index in [4.69, 9.17) is 5.73 Å². The van der Waals surface area contributed by atoms with E-state index in [-0.39, 0.29) is 11.7 Å². The molecule has 0 aliphatic heterocycles. The molecule has 0 saturated carbocycles. The summed E-state index contributed by atoms with van der Waals surface area (Å²) in [6.07, 6.45) is 0. The first-order valence-corrected chi connectivity index (χ1v) is 4.66. The molecule has 0 aromatic carbocycles. The van der Waals surface area contributed by atoms with Crippen molar-refractivity contribution in [1.82, 2.24) is 9.36 Å². The van der Waals surface area contributed by atoms with E-state index in [0.717, 1.165) is 10.2 Å². The van der Waals surface area contributed by atoms with E-state index in [1.807, 2.05) is 6.92 Å². The van der Waals surface area contributed by atoms with Gasteiger partial charge in [0.05, 0.1) is 5.75 Å². The van der Waals surface area contributed by atoms with Crippen LogP contribution in [0.2, 0.25) is 0 Å². The van der Waals surface area contributed by atoms with Gasteiger partial charge in [-0.15, -0.1) is 0 Å². The highest BCUT2D eigenvalue weighted by Gasteiger charge is 2.02. The van der Waals surface area contributed by atoms with E-state index < -0.39 is 0 Å². The summed E-state index contributed by atoms with van der Waals surface area (Å²) in [5, 5.41) is 0. The second kappa shape index (κ2) is 3.68. The van der Waals surface area contributed by atoms with Crippen molar-refractivity contribution in [3.8, 4) is 0 Å². The molecule has 1 aromatic rings. The number of amides is 1. The second-order valence-electron chi connectivity index (χ2n) is 1.86. The average Bonchev–Trinajstić information content (AvgIpc) is 2.31. The average molecular weight is 189 g/mol. The monoisotopic (exact) mass is 189 g/mol. The van der Waals surface area contributed by atoms with Crippen molar-refractivity contribution in [1.29, 1.82) is 0 Å². The molecule has 4 nitrogen and oxygen atoms in total. The second-order valence-corrected chi connectivity index (χ2v) is 3.84. The molecule has 0 saturated heterocycles. The summed E-state index contributed by atoms with van der Waals surface area (Å²) in [4.78, 5) is 14.4. The fraction of sp³-hybridized carbons (Fsp3) is 0.400. The van der Waals surface area contributed by atoms with Gasteiger partial charge < -0.3 is 5.73 Å². The third kappa shape index (κ3) is 2.85. The zero-order valence-electron chi connectivity index (χ0n) is 5.90. The lowest BCUT2D eigenvalue weighted by molar-refractivity contribution is -0.115. The first-order valence-electron chi connectivity index (χ1n) is 2.90. The lowest BCUT2D eigenvalue weighted by Gasteiger charge is -1.88. The molecule has 0 unspecified atom stereocenters. The SMILES string of the molecule is Cc1nsc(SCC(N)=O)n1. The summed E-state index contributed by atoms with van der Waals surface area (Å²) in [6.45, 7) is 1.81. The number of nitrogens with two attached hydrogens (primary N) is 1. The van der Waals surface area contributed by atoms with Crippen molar-refractivity contribution in [2.75, 3.05) is 5.75 Å². The number of hydrogen-bond donors (Lipinski definition) is 1. The Kier molecular flexibility index (Phi) is 2.84. The number of thioether (sulfide) groups is 1. The Labute approximate surface area is 72.4 Å². The smallest absolute Gasteiger partial charge is 0.227 e. The normalized spacial score (nSPS) is 9.91. The maximum atomic E-state index is 10.3. The molecule has 11 heavy (non-hydrogen) atoms. The predicted molar refractivity (Wildman–Crippen MR) is 44.6 cm³/mol. The van der Waals surface area contributed by atoms with Crippen LogP contribution in [0.25, 0.3) is 0 Å². The van der Waals surface area contributed by atoms with Crippen molar-refractivity contribution >= 4 is 29.2 Å². The number of rotatable bonds is 3. The van der Waals surface area contributed by atoms with Crippen LogP contribution in [0.3, 0.4) is 0 Å². The van der Waals surface area contributed by atoms with Crippen LogP contribution in [-0.2, 0) is 4.79 Å². The largest absolute Gasteiger partial charge is 0.369 e. The Morgan fingerprint density at radius 2 is 2.55 bits per heavy atom. The summed E-state index contributed by atoms with van der Waals surface area (Å²) < 4.78 is 4.75. The number of carbonyl (C=O) groups excluding carboxylic acids is 1. The van der Waals surface area contributed by atoms with Gasteiger partial charge in [0.1, 0.15) is 5.82 Å². The highest BCUT2D eigenvalue weighted by molar-refractivity contribution is 8.01. The van der Waals surface area contributed by atoms with Gasteiger partial charge in [-0.25, -0.2) is 4.98 Å². The molecule has 1 aromatic heterocycles. The zero-order chi connectivity index (χ0) is 8.27. The number of aryl methyl sites for hydroxylation is 1. The van der Waals surface area contributed by atoms with Gasteiger partial charge in [0.2, 0.25) is 5.91 Å². The Hall–Kier alpha value is -0.620. The lowest BCUT2D eigenvalue weighted by Crippen LogP contribution is -2.12. The molecule has 0 radical (unpaired) electrons. The fourth-order valence-corrected chi connectivity index (χ4v) is 1.86. The zero-order valence-corrected chi connectivity index (χ0v) is 7.54. The maximum absolute atomic E-state index is 10.3. The van der Waals surface area contributed by atoms with Crippen LogP contribution in [0.4, 0.5) is 0 Å². The van der Waals surface area contributed by atoms with E-state index in [2.05, 4.69) is 9.36 Å². The van der Waals surface area contributed by atoms with Gasteiger partial charge in [0, 0.05) is 0 Å². The van der Waals surface area contributed by atoms with Crippen molar-refractivity contribution < 1.29 is 4.79 Å². The van der Waals surface area contributed by atoms with Gasteiger partial charge in [-0.05, 0) is 18.5 Å². The minimum absolute atomic E-state index is 0.272. The van der Waals surface area contributed by atoms with Gasteiger partial charge in [0.25, 0.3) is 0 Å². The standard InChI is InChI=1S/C5H7N3OS2/c1-3-7-5(11-8-3)10-2-4(6)9/h2H2,1H3,(H2,6,9). The van der Waals surface area contributed by atoms with Gasteiger partial charge in [0.15, 0.2) is 4.34 Å². The topological polar surface area (TPSA) is 68.9 Å². The summed E-state index contributed by atoms with van der Waals surface area (Å²) in [5.41, 5.74) is 4.94. The van der Waals surface area contributed by atoms with Gasteiger partial charge >= 0.3 is 0 Å². The molecule has 0 atom stereocenters. The first kappa shape index (κ1) is 8.48. The number of hydrogen-bond acceptors (Lipinski definition) is 5. The molecular formula is C5H7N3OS2. The van der Waals surface area contributed by atoms with Crippen LogP contribution < -0.4 is 5.73 Å². The summed E-state index contributed by atoms with van der Waals surface area (Å²) in [6, 6.07) is 0. The Bertz CT molecular complexity index is 260. The minimum Gasteiger partial charge on any atom is -0.369 e. The molecule has 1 rings (SSSR count). The number of carbonyl (C=O) groups is 1. The highest BCUT2D eigenvalue weighted by atomic mass is 32.2. The molecular weight excluding hydrogens is 182 g/mol. The fourth-order valence-electron chi connectivity index (χ4n) is 0.470.